The van der Waals surface area contributed by atoms with Crippen molar-refractivity contribution in [1.29, 1.82) is 0 Å². The van der Waals surface area contributed by atoms with Crippen LogP contribution in [0.2, 0.25) is 0 Å². The average Bonchev–Trinajstić information content (AvgIpc) is 2.21. The Balaban J connectivity index is 2.89. The largest absolute Gasteiger partial charge is 0.469 e. The highest BCUT2D eigenvalue weighted by molar-refractivity contribution is 5.77. The molecule has 0 fully saturated rings. The summed E-state index contributed by atoms with van der Waals surface area (Å²) in [6.07, 6.45) is 4.04. The number of methoxy groups -OCH3 is 1. The van der Waals surface area contributed by atoms with Gasteiger partial charge in [0.1, 0.15) is 5.82 Å². The zero-order valence-corrected chi connectivity index (χ0v) is 8.65. The summed E-state index contributed by atoms with van der Waals surface area (Å²) in [6.45, 7) is 3.74. The van der Waals surface area contributed by atoms with Crippen LogP contribution in [0.25, 0.3) is 0 Å². The molecule has 0 aliphatic rings. The highest BCUT2D eigenvalue weighted by atomic mass is 16.5. The maximum absolute atomic E-state index is 11.4. The van der Waals surface area contributed by atoms with Crippen molar-refractivity contribution in [1.82, 2.24) is 9.97 Å². The van der Waals surface area contributed by atoms with Crippen molar-refractivity contribution in [2.45, 2.75) is 26.2 Å². The summed E-state index contributed by atoms with van der Waals surface area (Å²) in [7, 11) is 1.39. The van der Waals surface area contributed by atoms with Gasteiger partial charge in [0.25, 0.3) is 0 Å². The topological polar surface area (TPSA) is 52.1 Å². The summed E-state index contributed by atoms with van der Waals surface area (Å²) < 4.78 is 4.69. The van der Waals surface area contributed by atoms with Crippen LogP contribution in [0.3, 0.4) is 0 Å². The standard InChI is InChI=1S/C10H14N2O2/c1-4-9(10(13)14-3)8-5-11-7(2)12-6-8/h5-6,9H,4H2,1-3H3. The maximum atomic E-state index is 11.4. The predicted molar refractivity (Wildman–Crippen MR) is 51.8 cm³/mol. The molecule has 0 saturated heterocycles. The van der Waals surface area contributed by atoms with Gasteiger partial charge in [-0.3, -0.25) is 4.79 Å². The smallest absolute Gasteiger partial charge is 0.313 e. The zero-order valence-electron chi connectivity index (χ0n) is 8.65. The first kappa shape index (κ1) is 10.6. The summed E-state index contributed by atoms with van der Waals surface area (Å²) in [5.41, 5.74) is 0.810. The first-order valence-electron chi connectivity index (χ1n) is 4.55. The van der Waals surface area contributed by atoms with Gasteiger partial charge in [-0.2, -0.15) is 0 Å². The highest BCUT2D eigenvalue weighted by Crippen LogP contribution is 2.19. The van der Waals surface area contributed by atoms with Gasteiger partial charge in [0.15, 0.2) is 0 Å². The number of rotatable bonds is 3. The van der Waals surface area contributed by atoms with Crippen LogP contribution in [0.1, 0.15) is 30.7 Å². The Morgan fingerprint density at radius 2 is 2.07 bits per heavy atom. The molecule has 4 nitrogen and oxygen atoms in total. The molecule has 0 spiro atoms. The Morgan fingerprint density at radius 3 is 2.50 bits per heavy atom. The van der Waals surface area contributed by atoms with Gasteiger partial charge >= 0.3 is 5.97 Å². The van der Waals surface area contributed by atoms with Crippen molar-refractivity contribution in [2.75, 3.05) is 7.11 Å². The van der Waals surface area contributed by atoms with Crippen molar-refractivity contribution in [3.05, 3.63) is 23.8 Å². The number of hydrogen-bond acceptors (Lipinski definition) is 4. The molecule has 1 heterocycles. The third kappa shape index (κ3) is 2.28. The van der Waals surface area contributed by atoms with Crippen molar-refractivity contribution < 1.29 is 9.53 Å². The summed E-state index contributed by atoms with van der Waals surface area (Å²) >= 11 is 0. The average molecular weight is 194 g/mol. The first-order valence-corrected chi connectivity index (χ1v) is 4.55. The normalized spacial score (nSPS) is 12.2. The molecular weight excluding hydrogens is 180 g/mol. The van der Waals surface area contributed by atoms with Crippen molar-refractivity contribution in [3.8, 4) is 0 Å². The monoisotopic (exact) mass is 194 g/mol. The molecule has 0 aliphatic carbocycles. The van der Waals surface area contributed by atoms with E-state index in [1.165, 1.54) is 7.11 Å². The molecule has 1 unspecified atom stereocenters. The number of ether oxygens (including phenoxy) is 1. The summed E-state index contributed by atoms with van der Waals surface area (Å²) in [5, 5.41) is 0. The Hall–Kier alpha value is -1.45. The van der Waals surface area contributed by atoms with E-state index in [0.29, 0.717) is 12.2 Å². The molecular formula is C10H14N2O2. The zero-order chi connectivity index (χ0) is 10.6. The Kier molecular flexibility index (Phi) is 3.56. The first-order chi connectivity index (χ1) is 6.69. The SMILES string of the molecule is CCC(C(=O)OC)c1cnc(C)nc1. The molecule has 0 amide bonds. The van der Waals surface area contributed by atoms with Crippen LogP contribution in [0.5, 0.6) is 0 Å². The number of carbonyl (C=O) groups is 1. The fourth-order valence-corrected chi connectivity index (χ4v) is 1.26. The predicted octanol–water partition coefficient (Wildman–Crippen LogP) is 1.45. The van der Waals surface area contributed by atoms with Gasteiger partial charge in [0.2, 0.25) is 0 Å². The van der Waals surface area contributed by atoms with Crippen LogP contribution in [0, 0.1) is 6.92 Å². The van der Waals surface area contributed by atoms with E-state index in [1.54, 1.807) is 12.4 Å². The third-order valence-electron chi connectivity index (χ3n) is 2.10. The van der Waals surface area contributed by atoms with Gasteiger partial charge < -0.3 is 4.74 Å². The van der Waals surface area contributed by atoms with Crippen LogP contribution < -0.4 is 0 Å². The molecule has 0 N–H and O–H groups in total. The van der Waals surface area contributed by atoms with Gasteiger partial charge in [-0.25, -0.2) is 9.97 Å². The lowest BCUT2D eigenvalue weighted by atomic mass is 10.00. The van der Waals surface area contributed by atoms with Crippen LogP contribution in [0.4, 0.5) is 0 Å². The second-order valence-electron chi connectivity index (χ2n) is 3.05. The van der Waals surface area contributed by atoms with E-state index in [1.807, 2.05) is 13.8 Å². The Bertz CT molecular complexity index is 308. The molecule has 0 radical (unpaired) electrons. The number of aryl methyl sites for hydroxylation is 1. The minimum atomic E-state index is -0.249. The van der Waals surface area contributed by atoms with Crippen LogP contribution >= 0.6 is 0 Å². The summed E-state index contributed by atoms with van der Waals surface area (Å²) in [5.74, 6) is 0.217. The van der Waals surface area contributed by atoms with Gasteiger partial charge in [-0.1, -0.05) is 6.92 Å². The molecule has 14 heavy (non-hydrogen) atoms. The second kappa shape index (κ2) is 4.69. The van der Waals surface area contributed by atoms with Gasteiger partial charge in [-0.15, -0.1) is 0 Å². The number of carbonyl (C=O) groups excluding carboxylic acids is 1. The second-order valence-corrected chi connectivity index (χ2v) is 3.05. The fourth-order valence-electron chi connectivity index (χ4n) is 1.26. The Labute approximate surface area is 83.3 Å². The van der Waals surface area contributed by atoms with Gasteiger partial charge in [0.05, 0.1) is 13.0 Å². The van der Waals surface area contributed by atoms with Gasteiger partial charge in [-0.05, 0) is 13.3 Å². The van der Waals surface area contributed by atoms with E-state index in [-0.39, 0.29) is 11.9 Å². The van der Waals surface area contributed by atoms with E-state index in [0.717, 1.165) is 5.56 Å². The third-order valence-corrected chi connectivity index (χ3v) is 2.10. The van der Waals surface area contributed by atoms with E-state index in [4.69, 9.17) is 4.74 Å². The molecule has 1 aromatic heterocycles. The molecule has 0 saturated carbocycles. The van der Waals surface area contributed by atoms with E-state index >= 15 is 0 Å². The van der Waals surface area contributed by atoms with E-state index in [2.05, 4.69) is 9.97 Å². The maximum Gasteiger partial charge on any atom is 0.313 e. The fraction of sp³-hybridized carbons (Fsp3) is 0.500. The quantitative estimate of drug-likeness (QED) is 0.683. The Morgan fingerprint density at radius 1 is 1.50 bits per heavy atom. The van der Waals surface area contributed by atoms with Gasteiger partial charge in [0, 0.05) is 18.0 Å². The molecule has 76 valence electrons. The molecule has 0 aromatic carbocycles. The number of nitrogens with zero attached hydrogens (tertiary/aromatic N) is 2. The molecule has 1 atom stereocenters. The van der Waals surface area contributed by atoms with Crippen LogP contribution in [0.15, 0.2) is 12.4 Å². The van der Waals surface area contributed by atoms with Crippen molar-refractivity contribution >= 4 is 5.97 Å². The number of aromatic nitrogens is 2. The minimum Gasteiger partial charge on any atom is -0.469 e. The van der Waals surface area contributed by atoms with E-state index in [9.17, 15) is 4.79 Å². The summed E-state index contributed by atoms with van der Waals surface area (Å²) in [4.78, 5) is 19.4. The number of esters is 1. The van der Waals surface area contributed by atoms with Crippen LogP contribution in [-0.4, -0.2) is 23.0 Å². The summed E-state index contributed by atoms with van der Waals surface area (Å²) in [6, 6.07) is 0. The lowest BCUT2D eigenvalue weighted by Gasteiger charge is -2.11. The van der Waals surface area contributed by atoms with Crippen molar-refractivity contribution in [3.63, 3.8) is 0 Å². The molecule has 1 rings (SSSR count). The molecule has 0 aliphatic heterocycles. The van der Waals surface area contributed by atoms with Crippen LogP contribution in [-0.2, 0) is 9.53 Å². The molecule has 4 heteroatoms. The minimum absolute atomic E-state index is 0.236. The molecule has 1 aromatic rings. The molecule has 0 bridgehead atoms. The highest BCUT2D eigenvalue weighted by Gasteiger charge is 2.19. The lowest BCUT2D eigenvalue weighted by molar-refractivity contribution is -0.142. The number of hydrogen-bond donors (Lipinski definition) is 0. The van der Waals surface area contributed by atoms with E-state index < -0.39 is 0 Å². The van der Waals surface area contributed by atoms with Crippen molar-refractivity contribution in [2.24, 2.45) is 0 Å². The lowest BCUT2D eigenvalue weighted by Crippen LogP contribution is -2.14.